The molecule has 0 bridgehead atoms. The molecule has 1 N–H and O–H groups in total. The minimum Gasteiger partial charge on any atom is -0.317 e. The number of allylic oxidation sites excluding steroid dienone is 1. The summed E-state index contributed by atoms with van der Waals surface area (Å²) in [5, 5.41) is 3.50. The second-order valence-electron chi connectivity index (χ2n) is 9.66. The summed E-state index contributed by atoms with van der Waals surface area (Å²) >= 11 is 0. The lowest BCUT2D eigenvalue weighted by Crippen LogP contribution is -2.51. The molecule has 2 heteroatoms. The Morgan fingerprint density at radius 2 is 1.96 bits per heavy atom. The van der Waals surface area contributed by atoms with Crippen molar-refractivity contribution in [2.24, 2.45) is 34.5 Å². The fourth-order valence-corrected chi connectivity index (χ4v) is 7.49. The average Bonchev–Trinajstić information content (AvgIpc) is 2.83. The Morgan fingerprint density at radius 3 is 2.67 bits per heavy atom. The molecule has 0 unspecified atom stereocenters. The van der Waals surface area contributed by atoms with E-state index in [0.29, 0.717) is 29.1 Å². The van der Waals surface area contributed by atoms with Crippen LogP contribution in [0.4, 0.5) is 0 Å². The van der Waals surface area contributed by atoms with Crippen molar-refractivity contribution in [3.63, 3.8) is 0 Å². The molecule has 0 aromatic heterocycles. The highest BCUT2D eigenvalue weighted by atomic mass is 16.1. The van der Waals surface area contributed by atoms with Gasteiger partial charge < -0.3 is 5.32 Å². The summed E-state index contributed by atoms with van der Waals surface area (Å²) in [6, 6.07) is 0.673. The number of rotatable bonds is 2. The molecular weight excluding hydrogens is 294 g/mol. The zero-order valence-corrected chi connectivity index (χ0v) is 16.0. The largest absolute Gasteiger partial charge is 0.317 e. The first-order valence-electron chi connectivity index (χ1n) is 10.3. The van der Waals surface area contributed by atoms with E-state index >= 15 is 0 Å². The van der Waals surface area contributed by atoms with Crippen molar-refractivity contribution >= 4 is 5.78 Å². The van der Waals surface area contributed by atoms with E-state index in [1.807, 2.05) is 0 Å². The van der Waals surface area contributed by atoms with Gasteiger partial charge in [0.2, 0.25) is 0 Å². The summed E-state index contributed by atoms with van der Waals surface area (Å²) in [4.78, 5) is 12.7. The normalized spacial score (nSPS) is 50.8. The topological polar surface area (TPSA) is 29.1 Å². The quantitative estimate of drug-likeness (QED) is 0.741. The van der Waals surface area contributed by atoms with Crippen LogP contribution >= 0.6 is 0 Å². The molecule has 0 saturated heterocycles. The summed E-state index contributed by atoms with van der Waals surface area (Å²) in [6.07, 6.45) is 12.3. The Morgan fingerprint density at radius 1 is 1.17 bits per heavy atom. The monoisotopic (exact) mass is 329 g/mol. The molecule has 0 amide bonds. The highest BCUT2D eigenvalue weighted by Crippen LogP contribution is 2.65. The third-order valence-corrected chi connectivity index (χ3v) is 8.96. The van der Waals surface area contributed by atoms with Gasteiger partial charge in [-0.05, 0) is 80.6 Å². The predicted molar refractivity (Wildman–Crippen MR) is 98.7 cm³/mol. The van der Waals surface area contributed by atoms with Gasteiger partial charge in [0.15, 0.2) is 0 Å². The minimum atomic E-state index is 0.289. The van der Waals surface area contributed by atoms with Crippen LogP contribution in [0.15, 0.2) is 11.6 Å². The van der Waals surface area contributed by atoms with Gasteiger partial charge in [0.05, 0.1) is 0 Å². The van der Waals surface area contributed by atoms with Gasteiger partial charge in [-0.3, -0.25) is 4.79 Å². The van der Waals surface area contributed by atoms with E-state index in [1.54, 1.807) is 5.57 Å². The van der Waals surface area contributed by atoms with Gasteiger partial charge in [-0.2, -0.15) is 0 Å². The molecule has 3 saturated carbocycles. The molecule has 0 heterocycles. The average molecular weight is 330 g/mol. The van der Waals surface area contributed by atoms with Crippen molar-refractivity contribution in [1.29, 1.82) is 0 Å². The lowest BCUT2D eigenvalue weighted by atomic mass is 9.47. The molecule has 0 aromatic rings. The van der Waals surface area contributed by atoms with Crippen LogP contribution in [0, 0.1) is 34.5 Å². The molecule has 7 atom stereocenters. The summed E-state index contributed by atoms with van der Waals surface area (Å²) in [5.41, 5.74) is 2.43. The maximum absolute atomic E-state index is 12.7. The fourth-order valence-electron chi connectivity index (χ4n) is 7.49. The van der Waals surface area contributed by atoms with Gasteiger partial charge in [-0.25, -0.2) is 0 Å². The lowest BCUT2D eigenvalue weighted by Gasteiger charge is -2.58. The molecule has 4 aliphatic carbocycles. The van der Waals surface area contributed by atoms with Crippen LogP contribution in [0.5, 0.6) is 0 Å². The van der Waals surface area contributed by atoms with Crippen molar-refractivity contribution in [2.45, 2.75) is 78.2 Å². The molecule has 24 heavy (non-hydrogen) atoms. The van der Waals surface area contributed by atoms with E-state index in [-0.39, 0.29) is 5.41 Å². The summed E-state index contributed by atoms with van der Waals surface area (Å²) < 4.78 is 0. The first kappa shape index (κ1) is 16.8. The molecule has 0 radical (unpaired) electrons. The van der Waals surface area contributed by atoms with Gasteiger partial charge in [0, 0.05) is 18.4 Å². The number of Topliss-reactive ketones (excluding diaryl/α,β-unsaturated/α-hetero) is 1. The number of carbonyl (C=O) groups excluding carboxylic acids is 1. The van der Waals surface area contributed by atoms with E-state index in [9.17, 15) is 4.79 Å². The molecule has 0 aromatic carbocycles. The number of ketones is 1. The van der Waals surface area contributed by atoms with Crippen LogP contribution in [0.2, 0.25) is 0 Å². The SMILES string of the molecule is CC[C@H]1C(=O)C[C@H]2[C@@H]3CC=C4C[C@H](NC)CC[C@]4(C)[C@H]3CC[C@]12C. The second kappa shape index (κ2) is 5.69. The third kappa shape index (κ3) is 2.14. The zero-order chi connectivity index (χ0) is 17.1. The zero-order valence-electron chi connectivity index (χ0n) is 16.0. The van der Waals surface area contributed by atoms with Gasteiger partial charge in [0.1, 0.15) is 5.78 Å². The smallest absolute Gasteiger partial charge is 0.136 e. The molecule has 3 fully saturated rings. The summed E-state index contributed by atoms with van der Waals surface area (Å²) in [7, 11) is 2.11. The Bertz CT molecular complexity index is 566. The van der Waals surface area contributed by atoms with Crippen molar-refractivity contribution in [3.8, 4) is 0 Å². The van der Waals surface area contributed by atoms with E-state index in [2.05, 4.69) is 39.2 Å². The summed E-state index contributed by atoms with van der Waals surface area (Å²) in [5.74, 6) is 3.12. The fraction of sp³-hybridized carbons (Fsp3) is 0.864. The Balaban J connectivity index is 1.65. The first-order valence-corrected chi connectivity index (χ1v) is 10.3. The molecule has 0 aliphatic heterocycles. The molecule has 4 rings (SSSR count). The summed E-state index contributed by atoms with van der Waals surface area (Å²) in [6.45, 7) is 7.23. The van der Waals surface area contributed by atoms with Gasteiger partial charge in [-0.1, -0.05) is 32.4 Å². The highest BCUT2D eigenvalue weighted by molar-refractivity contribution is 5.84. The standard InChI is InChI=1S/C22H35NO/c1-5-17-20(24)13-19-16-7-6-14-12-15(23-4)8-10-21(14,2)18(16)9-11-22(17,19)3/h6,15-19,23H,5,7-13H2,1-4H3/t15-,16-,17+,18+,19+,21+,22-/m1/s1. The van der Waals surface area contributed by atoms with E-state index < -0.39 is 0 Å². The van der Waals surface area contributed by atoms with Crippen LogP contribution in [0.1, 0.15) is 72.1 Å². The minimum absolute atomic E-state index is 0.289. The van der Waals surface area contributed by atoms with Crippen molar-refractivity contribution < 1.29 is 4.79 Å². The van der Waals surface area contributed by atoms with Crippen LogP contribution in [-0.4, -0.2) is 18.9 Å². The molecule has 0 spiro atoms. The lowest BCUT2D eigenvalue weighted by molar-refractivity contribution is -0.122. The molecule has 2 nitrogen and oxygen atoms in total. The highest BCUT2D eigenvalue weighted by Gasteiger charge is 2.60. The maximum atomic E-state index is 12.7. The number of hydrogen-bond acceptors (Lipinski definition) is 2. The van der Waals surface area contributed by atoms with Crippen molar-refractivity contribution in [2.75, 3.05) is 7.05 Å². The number of nitrogens with one attached hydrogen (secondary N) is 1. The number of hydrogen-bond donors (Lipinski definition) is 1. The van der Waals surface area contributed by atoms with Gasteiger partial charge >= 0.3 is 0 Å². The first-order chi connectivity index (χ1) is 11.4. The Hall–Kier alpha value is -0.630. The van der Waals surface area contributed by atoms with Crippen molar-refractivity contribution in [1.82, 2.24) is 5.32 Å². The van der Waals surface area contributed by atoms with E-state index in [1.165, 1.54) is 38.5 Å². The molecule has 4 aliphatic rings. The van der Waals surface area contributed by atoms with Crippen LogP contribution in [-0.2, 0) is 4.79 Å². The van der Waals surface area contributed by atoms with Gasteiger partial charge in [-0.15, -0.1) is 0 Å². The van der Waals surface area contributed by atoms with Gasteiger partial charge in [0.25, 0.3) is 0 Å². The number of fused-ring (bicyclic) bond motifs is 5. The van der Waals surface area contributed by atoms with Crippen molar-refractivity contribution in [3.05, 3.63) is 11.6 Å². The van der Waals surface area contributed by atoms with E-state index in [4.69, 9.17) is 0 Å². The predicted octanol–water partition coefficient (Wildman–Crippen LogP) is 4.74. The van der Waals surface area contributed by atoms with Crippen LogP contribution in [0.25, 0.3) is 0 Å². The second-order valence-corrected chi connectivity index (χ2v) is 9.66. The Labute approximate surface area is 147 Å². The molecular formula is C22H35NO. The Kier molecular flexibility index (Phi) is 3.99. The molecule has 134 valence electrons. The van der Waals surface area contributed by atoms with Crippen LogP contribution in [0.3, 0.4) is 0 Å². The maximum Gasteiger partial charge on any atom is 0.136 e. The van der Waals surface area contributed by atoms with E-state index in [0.717, 1.165) is 24.7 Å². The third-order valence-electron chi connectivity index (χ3n) is 8.96. The number of carbonyl (C=O) groups is 1. The van der Waals surface area contributed by atoms with Crippen LogP contribution < -0.4 is 5.32 Å².